The molecule has 2 nitrogen and oxygen atoms in total. The molecule has 2 saturated carbocycles. The van der Waals surface area contributed by atoms with Gasteiger partial charge in [-0.05, 0) is 25.2 Å². The van der Waals surface area contributed by atoms with Crippen molar-refractivity contribution in [2.24, 2.45) is 16.7 Å². The van der Waals surface area contributed by atoms with Crippen LogP contribution in [0, 0.1) is 16.7 Å². The Morgan fingerprint density at radius 3 is 2.33 bits per heavy atom. The molecule has 2 aliphatic rings. The molecular weight excluding hydrogens is 152 g/mol. The van der Waals surface area contributed by atoms with E-state index in [0.717, 1.165) is 12.8 Å². The first-order valence-corrected chi connectivity index (χ1v) is 4.83. The van der Waals surface area contributed by atoms with Crippen molar-refractivity contribution in [1.82, 2.24) is 0 Å². The fraction of sp³-hybridized carbons (Fsp3) is 1.00. The van der Waals surface area contributed by atoms with Crippen LogP contribution in [0.15, 0.2) is 0 Å². The predicted molar refractivity (Wildman–Crippen MR) is 46.6 cm³/mol. The number of fused-ring (bicyclic) bond motifs is 2. The normalized spacial score (nSPS) is 58.0. The van der Waals surface area contributed by atoms with Gasteiger partial charge in [-0.2, -0.15) is 0 Å². The lowest BCUT2D eigenvalue weighted by Crippen LogP contribution is -2.39. The fourth-order valence-corrected chi connectivity index (χ4v) is 3.31. The lowest BCUT2D eigenvalue weighted by Gasteiger charge is -2.38. The van der Waals surface area contributed by atoms with Crippen LogP contribution in [0.3, 0.4) is 0 Å². The third-order valence-corrected chi connectivity index (χ3v) is 4.79. The van der Waals surface area contributed by atoms with Gasteiger partial charge in [0.05, 0.1) is 6.10 Å². The van der Waals surface area contributed by atoms with Crippen molar-refractivity contribution >= 4 is 0 Å². The quantitative estimate of drug-likeness (QED) is 0.620. The van der Waals surface area contributed by atoms with E-state index in [-0.39, 0.29) is 23.5 Å². The van der Waals surface area contributed by atoms with Gasteiger partial charge < -0.3 is 10.2 Å². The summed E-state index contributed by atoms with van der Waals surface area (Å²) in [6, 6.07) is 0. The zero-order valence-corrected chi connectivity index (χ0v) is 7.88. The topological polar surface area (TPSA) is 40.5 Å². The molecule has 0 heterocycles. The van der Waals surface area contributed by atoms with Gasteiger partial charge in [-0.25, -0.2) is 0 Å². The van der Waals surface area contributed by atoms with Crippen LogP contribution in [-0.2, 0) is 0 Å². The molecule has 2 fully saturated rings. The third kappa shape index (κ3) is 0.686. The summed E-state index contributed by atoms with van der Waals surface area (Å²) in [5.41, 5.74) is -0.0428. The summed E-state index contributed by atoms with van der Waals surface area (Å²) in [5.74, 6) is 0.544. The van der Waals surface area contributed by atoms with Crippen LogP contribution >= 0.6 is 0 Å². The van der Waals surface area contributed by atoms with Gasteiger partial charge in [-0.3, -0.25) is 0 Å². The van der Waals surface area contributed by atoms with Crippen molar-refractivity contribution in [1.29, 1.82) is 0 Å². The molecule has 0 spiro atoms. The first kappa shape index (κ1) is 8.52. The Balaban J connectivity index is 2.38. The van der Waals surface area contributed by atoms with Gasteiger partial charge in [-0.15, -0.1) is 0 Å². The van der Waals surface area contributed by atoms with Crippen LogP contribution in [0.25, 0.3) is 0 Å². The van der Waals surface area contributed by atoms with Gasteiger partial charge in [0.15, 0.2) is 0 Å². The molecule has 2 rings (SSSR count). The van der Waals surface area contributed by atoms with E-state index in [1.807, 2.05) is 0 Å². The standard InChI is InChI=1S/C10H18O2/c1-9-4-3-7(5-8(9)12)10(9,2)6-11/h7-8,11-12H,3-6H2,1-2H3/t7-,8-,9+,10-/m0/s1. The second-order valence-corrected chi connectivity index (χ2v) is 4.98. The van der Waals surface area contributed by atoms with Crippen molar-refractivity contribution in [3.05, 3.63) is 0 Å². The highest BCUT2D eigenvalue weighted by atomic mass is 16.3. The largest absolute Gasteiger partial charge is 0.396 e. The van der Waals surface area contributed by atoms with Gasteiger partial charge in [-0.1, -0.05) is 13.8 Å². The summed E-state index contributed by atoms with van der Waals surface area (Å²) in [5, 5.41) is 19.2. The summed E-state index contributed by atoms with van der Waals surface area (Å²) in [6.45, 7) is 4.48. The molecule has 0 aliphatic heterocycles. The molecule has 0 aromatic carbocycles. The Morgan fingerprint density at radius 2 is 2.08 bits per heavy atom. The molecule has 12 heavy (non-hydrogen) atoms. The molecule has 0 aromatic rings. The van der Waals surface area contributed by atoms with E-state index in [1.54, 1.807) is 0 Å². The first-order valence-electron chi connectivity index (χ1n) is 4.83. The Hall–Kier alpha value is -0.0800. The van der Waals surface area contributed by atoms with Crippen LogP contribution in [0.5, 0.6) is 0 Å². The van der Waals surface area contributed by atoms with Gasteiger partial charge >= 0.3 is 0 Å². The summed E-state index contributed by atoms with van der Waals surface area (Å²) in [4.78, 5) is 0. The molecule has 0 saturated heterocycles. The van der Waals surface area contributed by atoms with Crippen LogP contribution in [0.1, 0.15) is 33.1 Å². The van der Waals surface area contributed by atoms with E-state index >= 15 is 0 Å². The predicted octanol–water partition coefficient (Wildman–Crippen LogP) is 1.17. The molecule has 2 heteroatoms. The van der Waals surface area contributed by atoms with Crippen LogP contribution < -0.4 is 0 Å². The van der Waals surface area contributed by atoms with Crippen LogP contribution in [0.2, 0.25) is 0 Å². The summed E-state index contributed by atoms with van der Waals surface area (Å²) >= 11 is 0. The average molecular weight is 170 g/mol. The second kappa shape index (κ2) is 2.24. The number of rotatable bonds is 1. The van der Waals surface area contributed by atoms with Crippen molar-refractivity contribution < 1.29 is 10.2 Å². The monoisotopic (exact) mass is 170 g/mol. The Morgan fingerprint density at radius 1 is 1.42 bits per heavy atom. The minimum atomic E-state index is -0.187. The van der Waals surface area contributed by atoms with Crippen molar-refractivity contribution in [2.75, 3.05) is 6.61 Å². The van der Waals surface area contributed by atoms with Crippen molar-refractivity contribution in [2.45, 2.75) is 39.2 Å². The van der Waals surface area contributed by atoms with Gasteiger partial charge in [0.2, 0.25) is 0 Å². The minimum absolute atomic E-state index is 0.0214. The smallest absolute Gasteiger partial charge is 0.0602 e. The van der Waals surface area contributed by atoms with Crippen LogP contribution in [-0.4, -0.2) is 22.9 Å². The molecular formula is C10H18O2. The van der Waals surface area contributed by atoms with E-state index in [9.17, 15) is 10.2 Å². The van der Waals surface area contributed by atoms with E-state index in [4.69, 9.17) is 0 Å². The molecule has 70 valence electrons. The maximum absolute atomic E-state index is 9.83. The molecule has 0 unspecified atom stereocenters. The number of aliphatic hydroxyl groups excluding tert-OH is 2. The fourth-order valence-electron chi connectivity index (χ4n) is 3.31. The van der Waals surface area contributed by atoms with E-state index < -0.39 is 0 Å². The number of aliphatic hydroxyl groups is 2. The minimum Gasteiger partial charge on any atom is -0.396 e. The average Bonchev–Trinajstić information content (AvgIpc) is 2.39. The maximum atomic E-state index is 9.83. The molecule has 0 aromatic heterocycles. The molecule has 2 aliphatic carbocycles. The Bertz CT molecular complexity index is 202. The van der Waals surface area contributed by atoms with Crippen molar-refractivity contribution in [3.63, 3.8) is 0 Å². The highest BCUT2D eigenvalue weighted by Crippen LogP contribution is 2.65. The Labute approximate surface area is 73.6 Å². The molecule has 2 bridgehead atoms. The van der Waals surface area contributed by atoms with E-state index in [0.29, 0.717) is 5.92 Å². The Kier molecular flexibility index (Phi) is 1.59. The first-order chi connectivity index (χ1) is 5.54. The van der Waals surface area contributed by atoms with Gasteiger partial charge in [0, 0.05) is 17.4 Å². The molecule has 4 atom stereocenters. The molecule has 0 amide bonds. The van der Waals surface area contributed by atoms with E-state index in [2.05, 4.69) is 13.8 Å². The summed E-state index contributed by atoms with van der Waals surface area (Å²) < 4.78 is 0. The zero-order chi connectivity index (χ0) is 8.98. The number of hydrogen-bond donors (Lipinski definition) is 2. The van der Waals surface area contributed by atoms with Gasteiger partial charge in [0.25, 0.3) is 0 Å². The van der Waals surface area contributed by atoms with Crippen molar-refractivity contribution in [3.8, 4) is 0 Å². The lowest BCUT2D eigenvalue weighted by atomic mass is 9.69. The second-order valence-electron chi connectivity index (χ2n) is 4.98. The molecule has 0 radical (unpaired) electrons. The number of hydrogen-bond acceptors (Lipinski definition) is 2. The van der Waals surface area contributed by atoms with Crippen LogP contribution in [0.4, 0.5) is 0 Å². The van der Waals surface area contributed by atoms with E-state index in [1.165, 1.54) is 6.42 Å². The van der Waals surface area contributed by atoms with Gasteiger partial charge in [0.1, 0.15) is 0 Å². The SMILES string of the molecule is C[C@]1(CO)[C@H]2CC[C@]1(C)[C@@H](O)C2. The third-order valence-electron chi connectivity index (χ3n) is 4.79. The zero-order valence-electron chi connectivity index (χ0n) is 7.88. The summed E-state index contributed by atoms with van der Waals surface area (Å²) in [6.07, 6.45) is 2.97. The highest BCUT2D eigenvalue weighted by Gasteiger charge is 2.63. The lowest BCUT2D eigenvalue weighted by molar-refractivity contribution is -0.0213. The highest BCUT2D eigenvalue weighted by molar-refractivity contribution is 5.12. The maximum Gasteiger partial charge on any atom is 0.0602 e. The molecule has 2 N–H and O–H groups in total. The summed E-state index contributed by atoms with van der Waals surface area (Å²) in [7, 11) is 0.